The van der Waals surface area contributed by atoms with Gasteiger partial charge >= 0.3 is 0 Å². The summed E-state index contributed by atoms with van der Waals surface area (Å²) in [5, 5.41) is 11.5. The Morgan fingerprint density at radius 1 is 1.50 bits per heavy atom. The molecule has 1 fully saturated rings. The van der Waals surface area contributed by atoms with Gasteiger partial charge in [-0.25, -0.2) is 0 Å². The fourth-order valence-corrected chi connectivity index (χ4v) is 2.71. The minimum Gasteiger partial charge on any atom is -0.384 e. The third-order valence-electron chi connectivity index (χ3n) is 3.11. The van der Waals surface area contributed by atoms with Crippen molar-refractivity contribution in [3.63, 3.8) is 0 Å². The lowest BCUT2D eigenvalue weighted by Crippen LogP contribution is -2.27. The Morgan fingerprint density at radius 3 is 3.00 bits per heavy atom. The number of carbonyl (C=O) groups excluding carboxylic acids is 1. The lowest BCUT2D eigenvalue weighted by atomic mass is 9.83. The van der Waals surface area contributed by atoms with Gasteiger partial charge in [-0.2, -0.15) is 0 Å². The van der Waals surface area contributed by atoms with Crippen molar-refractivity contribution in [1.82, 2.24) is 5.32 Å². The molecule has 0 bridgehead atoms. The lowest BCUT2D eigenvalue weighted by molar-refractivity contribution is -0.122. The number of nitrogens with one attached hydrogen (secondary N) is 1. The van der Waals surface area contributed by atoms with Crippen LogP contribution in [-0.4, -0.2) is 17.6 Å². The molecule has 1 amide bonds. The molecule has 1 aliphatic carbocycles. The summed E-state index contributed by atoms with van der Waals surface area (Å²) in [5.41, 5.74) is 0. The largest absolute Gasteiger partial charge is 0.384 e. The SMILES string of the molecule is O=C(CC1CCC1)NCc1ccc(C#CCO)s1. The Morgan fingerprint density at radius 2 is 2.33 bits per heavy atom. The second-order valence-corrected chi connectivity index (χ2v) is 5.67. The summed E-state index contributed by atoms with van der Waals surface area (Å²) in [6.07, 6.45) is 4.35. The molecule has 2 rings (SSSR count). The molecule has 96 valence electrons. The Bertz CT molecular complexity index is 466. The second-order valence-electron chi connectivity index (χ2n) is 4.50. The van der Waals surface area contributed by atoms with Crippen molar-refractivity contribution in [3.05, 3.63) is 21.9 Å². The van der Waals surface area contributed by atoms with Crippen molar-refractivity contribution in [2.45, 2.75) is 32.2 Å². The molecule has 0 saturated heterocycles. The van der Waals surface area contributed by atoms with Crippen LogP contribution >= 0.6 is 11.3 Å². The van der Waals surface area contributed by atoms with Crippen LogP contribution in [0.25, 0.3) is 0 Å². The molecule has 1 heterocycles. The number of aliphatic hydroxyl groups is 1. The highest BCUT2D eigenvalue weighted by Gasteiger charge is 2.20. The van der Waals surface area contributed by atoms with E-state index in [1.54, 1.807) is 11.3 Å². The molecule has 18 heavy (non-hydrogen) atoms. The van der Waals surface area contributed by atoms with Crippen LogP contribution in [0, 0.1) is 17.8 Å². The van der Waals surface area contributed by atoms with Gasteiger partial charge in [0.2, 0.25) is 5.91 Å². The molecular formula is C14H17NO2S. The first-order valence-corrected chi connectivity index (χ1v) is 7.04. The first-order valence-electron chi connectivity index (χ1n) is 6.23. The third kappa shape index (κ3) is 3.86. The van der Waals surface area contributed by atoms with E-state index in [4.69, 9.17) is 5.11 Å². The van der Waals surface area contributed by atoms with Crippen LogP contribution in [0.2, 0.25) is 0 Å². The topological polar surface area (TPSA) is 49.3 Å². The van der Waals surface area contributed by atoms with Crippen LogP contribution in [0.1, 0.15) is 35.4 Å². The van der Waals surface area contributed by atoms with Crippen molar-refractivity contribution >= 4 is 17.2 Å². The molecule has 0 aromatic carbocycles. The number of thiophene rings is 1. The van der Waals surface area contributed by atoms with Crippen molar-refractivity contribution in [2.75, 3.05) is 6.61 Å². The first kappa shape index (κ1) is 13.1. The van der Waals surface area contributed by atoms with Gasteiger partial charge < -0.3 is 10.4 Å². The van der Waals surface area contributed by atoms with E-state index in [1.807, 2.05) is 12.1 Å². The molecule has 0 spiro atoms. The maximum atomic E-state index is 11.6. The number of hydrogen-bond acceptors (Lipinski definition) is 3. The van der Waals surface area contributed by atoms with E-state index in [1.165, 1.54) is 19.3 Å². The van der Waals surface area contributed by atoms with Crippen LogP contribution in [0.3, 0.4) is 0 Å². The molecule has 1 aliphatic rings. The summed E-state index contributed by atoms with van der Waals surface area (Å²) in [6, 6.07) is 3.89. The van der Waals surface area contributed by atoms with Gasteiger partial charge in [-0.3, -0.25) is 4.79 Å². The fourth-order valence-electron chi connectivity index (χ4n) is 1.88. The maximum absolute atomic E-state index is 11.6. The zero-order chi connectivity index (χ0) is 12.8. The van der Waals surface area contributed by atoms with E-state index in [0.717, 1.165) is 9.75 Å². The highest BCUT2D eigenvalue weighted by Crippen LogP contribution is 2.29. The molecule has 1 saturated carbocycles. The highest BCUT2D eigenvalue weighted by molar-refractivity contribution is 7.12. The Kier molecular flexibility index (Phi) is 4.80. The molecule has 0 unspecified atom stereocenters. The smallest absolute Gasteiger partial charge is 0.220 e. The summed E-state index contributed by atoms with van der Waals surface area (Å²) in [5.74, 6) is 6.23. The predicted octanol–water partition coefficient (Wildman–Crippen LogP) is 1.90. The normalized spacial score (nSPS) is 14.5. The first-order chi connectivity index (χ1) is 8.78. The number of hydrogen-bond donors (Lipinski definition) is 2. The minimum atomic E-state index is -0.120. The van der Waals surface area contributed by atoms with Gasteiger partial charge in [0.15, 0.2) is 0 Å². The number of aliphatic hydroxyl groups excluding tert-OH is 1. The molecule has 0 radical (unpaired) electrons. The van der Waals surface area contributed by atoms with Crippen molar-refractivity contribution in [1.29, 1.82) is 0 Å². The number of rotatable bonds is 4. The Labute approximate surface area is 111 Å². The van der Waals surface area contributed by atoms with Crippen molar-refractivity contribution in [3.8, 4) is 11.8 Å². The van der Waals surface area contributed by atoms with E-state index >= 15 is 0 Å². The van der Waals surface area contributed by atoms with E-state index in [0.29, 0.717) is 18.9 Å². The average Bonchev–Trinajstić information content (AvgIpc) is 2.76. The molecule has 3 nitrogen and oxygen atoms in total. The van der Waals surface area contributed by atoms with Crippen LogP contribution in [0.5, 0.6) is 0 Å². The van der Waals surface area contributed by atoms with Crippen molar-refractivity contribution < 1.29 is 9.90 Å². The van der Waals surface area contributed by atoms with Gasteiger partial charge in [0.05, 0.1) is 11.4 Å². The van der Waals surface area contributed by atoms with E-state index in [9.17, 15) is 4.79 Å². The molecule has 0 aliphatic heterocycles. The maximum Gasteiger partial charge on any atom is 0.220 e. The van der Waals surface area contributed by atoms with Gasteiger partial charge in [-0.15, -0.1) is 11.3 Å². The highest BCUT2D eigenvalue weighted by atomic mass is 32.1. The van der Waals surface area contributed by atoms with Crippen LogP contribution in [0.15, 0.2) is 12.1 Å². The molecule has 2 N–H and O–H groups in total. The Hall–Kier alpha value is -1.31. The summed E-state index contributed by atoms with van der Waals surface area (Å²) in [7, 11) is 0. The van der Waals surface area contributed by atoms with Crippen LogP contribution < -0.4 is 5.32 Å². The molecule has 1 aromatic heterocycles. The summed E-state index contributed by atoms with van der Waals surface area (Å²) >= 11 is 1.55. The second kappa shape index (κ2) is 6.58. The standard InChI is InChI=1S/C14H17NO2S/c16-8-2-5-12-6-7-13(18-12)10-15-14(17)9-11-3-1-4-11/h6-7,11,16H,1,3-4,8-10H2,(H,15,17). The third-order valence-corrected chi connectivity index (χ3v) is 4.11. The van der Waals surface area contributed by atoms with Gasteiger partial charge in [0.25, 0.3) is 0 Å². The molecular weight excluding hydrogens is 246 g/mol. The molecule has 1 aromatic rings. The summed E-state index contributed by atoms with van der Waals surface area (Å²) in [6.45, 7) is 0.461. The average molecular weight is 263 g/mol. The van der Waals surface area contributed by atoms with Crippen LogP contribution in [0.4, 0.5) is 0 Å². The molecule has 4 heteroatoms. The zero-order valence-corrected chi connectivity index (χ0v) is 11.1. The van der Waals surface area contributed by atoms with E-state index < -0.39 is 0 Å². The fraction of sp³-hybridized carbons (Fsp3) is 0.500. The Balaban J connectivity index is 1.75. The van der Waals surface area contributed by atoms with Crippen LogP contribution in [-0.2, 0) is 11.3 Å². The van der Waals surface area contributed by atoms with E-state index in [-0.39, 0.29) is 12.5 Å². The molecule has 0 atom stereocenters. The van der Waals surface area contributed by atoms with Gasteiger partial charge in [0, 0.05) is 11.3 Å². The van der Waals surface area contributed by atoms with Gasteiger partial charge in [-0.05, 0) is 30.9 Å². The zero-order valence-electron chi connectivity index (χ0n) is 10.2. The predicted molar refractivity (Wildman–Crippen MR) is 72.1 cm³/mol. The van der Waals surface area contributed by atoms with E-state index in [2.05, 4.69) is 17.2 Å². The minimum absolute atomic E-state index is 0.120. The quantitative estimate of drug-likeness (QED) is 0.815. The van der Waals surface area contributed by atoms with Gasteiger partial charge in [0.1, 0.15) is 6.61 Å². The van der Waals surface area contributed by atoms with Gasteiger partial charge in [-0.1, -0.05) is 18.3 Å². The summed E-state index contributed by atoms with van der Waals surface area (Å²) < 4.78 is 0. The lowest BCUT2D eigenvalue weighted by Gasteiger charge is -2.24. The number of carbonyl (C=O) groups is 1. The summed E-state index contributed by atoms with van der Waals surface area (Å²) in [4.78, 5) is 13.7. The monoisotopic (exact) mass is 263 g/mol. The number of amides is 1. The van der Waals surface area contributed by atoms with Crippen molar-refractivity contribution in [2.24, 2.45) is 5.92 Å².